The van der Waals surface area contributed by atoms with E-state index in [0.717, 1.165) is 22.1 Å². The lowest BCUT2D eigenvalue weighted by Gasteiger charge is -2.03. The molecule has 0 radical (unpaired) electrons. The third-order valence-corrected chi connectivity index (χ3v) is 5.38. The van der Waals surface area contributed by atoms with Crippen molar-refractivity contribution in [2.24, 2.45) is 5.10 Å². The number of nitrogens with zero attached hydrogens (tertiary/aromatic N) is 2. The van der Waals surface area contributed by atoms with Crippen molar-refractivity contribution in [3.63, 3.8) is 0 Å². The molecule has 3 N–H and O–H groups in total. The molecule has 4 rings (SSSR count). The number of hydrogen-bond donors (Lipinski definition) is 3. The van der Waals surface area contributed by atoms with Crippen LogP contribution >= 0.6 is 22.9 Å². The third kappa shape index (κ3) is 5.28. The quantitative estimate of drug-likeness (QED) is 0.262. The molecule has 0 spiro atoms. The number of anilines is 2. The van der Waals surface area contributed by atoms with Crippen LogP contribution in [0, 0.1) is 0 Å². The van der Waals surface area contributed by atoms with E-state index in [1.807, 2.05) is 47.8 Å². The van der Waals surface area contributed by atoms with Crippen molar-refractivity contribution in [3.05, 3.63) is 94.3 Å². The van der Waals surface area contributed by atoms with Crippen LogP contribution in [0.5, 0.6) is 5.75 Å². The fraction of sp³-hybridized carbons (Fsp3) is 0. The van der Waals surface area contributed by atoms with Crippen LogP contribution in [0.4, 0.5) is 10.8 Å². The van der Waals surface area contributed by atoms with Crippen LogP contribution in [0.2, 0.25) is 5.02 Å². The first-order valence-electron chi connectivity index (χ1n) is 9.28. The molecule has 6 nitrogen and oxygen atoms in total. The molecule has 3 aromatic carbocycles. The summed E-state index contributed by atoms with van der Waals surface area (Å²) in [5.74, 6) is -0.344. The summed E-state index contributed by atoms with van der Waals surface area (Å²) in [6, 6.07) is 21.6. The Bertz CT molecular complexity index is 1220. The van der Waals surface area contributed by atoms with Crippen LogP contribution in [0.1, 0.15) is 15.9 Å². The first-order valence-corrected chi connectivity index (χ1v) is 10.5. The highest BCUT2D eigenvalue weighted by Gasteiger charge is 2.08. The zero-order valence-electron chi connectivity index (χ0n) is 16.1. The molecular formula is C23H17ClN4O2S. The van der Waals surface area contributed by atoms with Crippen LogP contribution in [-0.4, -0.2) is 22.2 Å². The number of carbonyl (C=O) groups excluding carboxylic acids is 1. The maximum absolute atomic E-state index is 12.3. The Hall–Kier alpha value is -3.68. The molecule has 0 fully saturated rings. The van der Waals surface area contributed by atoms with Gasteiger partial charge in [-0.15, -0.1) is 11.3 Å². The van der Waals surface area contributed by atoms with Crippen LogP contribution < -0.4 is 10.7 Å². The van der Waals surface area contributed by atoms with Gasteiger partial charge in [-0.1, -0.05) is 41.9 Å². The van der Waals surface area contributed by atoms with E-state index >= 15 is 0 Å². The monoisotopic (exact) mass is 448 g/mol. The zero-order valence-corrected chi connectivity index (χ0v) is 17.7. The van der Waals surface area contributed by atoms with Crippen LogP contribution in [0.3, 0.4) is 0 Å². The largest absolute Gasteiger partial charge is 0.506 e. The van der Waals surface area contributed by atoms with E-state index in [9.17, 15) is 9.90 Å². The Balaban J connectivity index is 1.38. The number of aromatic nitrogens is 1. The van der Waals surface area contributed by atoms with E-state index in [0.29, 0.717) is 11.1 Å². The molecule has 0 unspecified atom stereocenters. The highest BCUT2D eigenvalue weighted by Crippen LogP contribution is 2.27. The van der Waals surface area contributed by atoms with Gasteiger partial charge >= 0.3 is 0 Å². The second-order valence-electron chi connectivity index (χ2n) is 6.52. The molecule has 0 aliphatic carbocycles. The average Bonchev–Trinajstić information content (AvgIpc) is 3.25. The summed E-state index contributed by atoms with van der Waals surface area (Å²) < 4.78 is 0. The van der Waals surface area contributed by atoms with Gasteiger partial charge in [0.05, 0.1) is 16.9 Å². The molecule has 0 saturated carbocycles. The number of halogens is 1. The van der Waals surface area contributed by atoms with Gasteiger partial charge in [0.15, 0.2) is 5.13 Å². The molecule has 154 valence electrons. The van der Waals surface area contributed by atoms with E-state index in [1.165, 1.54) is 23.6 Å². The van der Waals surface area contributed by atoms with E-state index in [1.54, 1.807) is 24.3 Å². The topological polar surface area (TPSA) is 86.6 Å². The lowest BCUT2D eigenvalue weighted by Crippen LogP contribution is -2.17. The van der Waals surface area contributed by atoms with Gasteiger partial charge in [0.1, 0.15) is 5.75 Å². The fourth-order valence-corrected chi connectivity index (χ4v) is 3.66. The zero-order chi connectivity index (χ0) is 21.6. The molecule has 1 heterocycles. The molecule has 0 aliphatic heterocycles. The summed E-state index contributed by atoms with van der Waals surface area (Å²) >= 11 is 7.37. The van der Waals surface area contributed by atoms with Crippen molar-refractivity contribution in [1.29, 1.82) is 0 Å². The van der Waals surface area contributed by atoms with Gasteiger partial charge in [-0.2, -0.15) is 5.10 Å². The number of hydrogen-bond acceptors (Lipinski definition) is 6. The molecular weight excluding hydrogens is 432 g/mol. The third-order valence-electron chi connectivity index (χ3n) is 4.32. The van der Waals surface area contributed by atoms with Gasteiger partial charge in [-0.3, -0.25) is 4.79 Å². The SMILES string of the molecule is O=C(N/N=C\c1ccc(O)c(Cl)c1)c1ccc(-c2csc(Nc3ccccc3)n2)cc1. The highest BCUT2D eigenvalue weighted by atomic mass is 35.5. The minimum atomic E-state index is -0.336. The Kier molecular flexibility index (Phi) is 6.26. The molecule has 0 bridgehead atoms. The first-order chi connectivity index (χ1) is 15.1. The number of thiazole rings is 1. The number of carbonyl (C=O) groups is 1. The lowest BCUT2D eigenvalue weighted by atomic mass is 10.1. The van der Waals surface area contributed by atoms with Crippen molar-refractivity contribution in [2.75, 3.05) is 5.32 Å². The van der Waals surface area contributed by atoms with E-state index in [4.69, 9.17) is 11.6 Å². The van der Waals surface area contributed by atoms with Gasteiger partial charge in [0, 0.05) is 22.2 Å². The van der Waals surface area contributed by atoms with E-state index < -0.39 is 0 Å². The van der Waals surface area contributed by atoms with Gasteiger partial charge < -0.3 is 10.4 Å². The van der Waals surface area contributed by atoms with Crippen LogP contribution in [0.25, 0.3) is 11.3 Å². The maximum atomic E-state index is 12.3. The summed E-state index contributed by atoms with van der Waals surface area (Å²) in [6.45, 7) is 0. The van der Waals surface area contributed by atoms with Gasteiger partial charge in [-0.05, 0) is 48.0 Å². The summed E-state index contributed by atoms with van der Waals surface area (Å²) in [5.41, 5.74) is 6.32. The smallest absolute Gasteiger partial charge is 0.271 e. The van der Waals surface area contributed by atoms with Crippen molar-refractivity contribution >= 4 is 45.9 Å². The second-order valence-corrected chi connectivity index (χ2v) is 7.78. The summed E-state index contributed by atoms with van der Waals surface area (Å²) in [6.07, 6.45) is 1.45. The Labute approximate surface area is 187 Å². The van der Waals surface area contributed by atoms with Crippen molar-refractivity contribution < 1.29 is 9.90 Å². The number of hydrazone groups is 1. The summed E-state index contributed by atoms with van der Waals surface area (Å²) in [5, 5.41) is 19.6. The molecule has 1 amide bonds. The van der Waals surface area contributed by atoms with Gasteiger partial charge in [-0.25, -0.2) is 10.4 Å². The number of aromatic hydroxyl groups is 1. The maximum Gasteiger partial charge on any atom is 0.271 e. The Morgan fingerprint density at radius 1 is 1.06 bits per heavy atom. The number of phenols is 1. The standard InChI is InChI=1S/C23H17ClN4O2S/c24-19-12-15(6-11-21(19)29)13-25-28-22(30)17-9-7-16(8-10-17)20-14-31-23(27-20)26-18-4-2-1-3-5-18/h1-14,29H,(H,26,27)(H,28,30)/b25-13-. The van der Waals surface area contributed by atoms with Crippen molar-refractivity contribution in [1.82, 2.24) is 10.4 Å². The second kappa shape index (κ2) is 9.42. The van der Waals surface area contributed by atoms with Gasteiger partial charge in [0.2, 0.25) is 0 Å². The van der Waals surface area contributed by atoms with Crippen molar-refractivity contribution in [2.45, 2.75) is 0 Å². The van der Waals surface area contributed by atoms with E-state index in [2.05, 4.69) is 20.8 Å². The number of rotatable bonds is 6. The minimum absolute atomic E-state index is 0.00831. The van der Waals surface area contributed by atoms with Gasteiger partial charge in [0.25, 0.3) is 5.91 Å². The highest BCUT2D eigenvalue weighted by molar-refractivity contribution is 7.14. The number of para-hydroxylation sites is 1. The van der Waals surface area contributed by atoms with Crippen molar-refractivity contribution in [3.8, 4) is 17.0 Å². The van der Waals surface area contributed by atoms with Crippen LogP contribution in [-0.2, 0) is 0 Å². The Morgan fingerprint density at radius 3 is 2.58 bits per heavy atom. The molecule has 31 heavy (non-hydrogen) atoms. The number of phenolic OH excluding ortho intramolecular Hbond substituents is 1. The molecule has 8 heteroatoms. The normalized spacial score (nSPS) is 10.9. The molecule has 1 aromatic heterocycles. The number of benzene rings is 3. The lowest BCUT2D eigenvalue weighted by molar-refractivity contribution is 0.0955. The predicted molar refractivity (Wildman–Crippen MR) is 125 cm³/mol. The number of amides is 1. The van der Waals surface area contributed by atoms with E-state index in [-0.39, 0.29) is 16.7 Å². The molecule has 0 atom stereocenters. The minimum Gasteiger partial charge on any atom is -0.506 e. The molecule has 0 saturated heterocycles. The Morgan fingerprint density at radius 2 is 1.84 bits per heavy atom. The fourth-order valence-electron chi connectivity index (χ4n) is 2.73. The average molecular weight is 449 g/mol. The summed E-state index contributed by atoms with van der Waals surface area (Å²) in [7, 11) is 0. The summed E-state index contributed by atoms with van der Waals surface area (Å²) in [4.78, 5) is 16.9. The predicted octanol–water partition coefficient (Wildman–Crippen LogP) is 5.68. The molecule has 0 aliphatic rings. The number of nitrogens with one attached hydrogen (secondary N) is 2. The first kappa shape index (κ1) is 20.6. The molecule has 4 aromatic rings. The van der Waals surface area contributed by atoms with Crippen LogP contribution in [0.15, 0.2) is 83.3 Å².